The summed E-state index contributed by atoms with van der Waals surface area (Å²) < 4.78 is 54.0. The number of anilines is 1. The third-order valence-corrected chi connectivity index (χ3v) is 3.45. The summed E-state index contributed by atoms with van der Waals surface area (Å²) in [6.07, 6.45) is -4.96. The number of nitrogens with zero attached hydrogens (tertiary/aromatic N) is 1. The molecule has 2 rings (SSSR count). The quantitative estimate of drug-likeness (QED) is 0.874. The van der Waals surface area contributed by atoms with Gasteiger partial charge in [0.15, 0.2) is 0 Å². The fourth-order valence-electron chi connectivity index (χ4n) is 2.33. The summed E-state index contributed by atoms with van der Waals surface area (Å²) >= 11 is 0. The number of halogens is 4. The first-order valence-electron chi connectivity index (χ1n) is 6.50. The molecule has 0 aliphatic rings. The Bertz CT molecular complexity index is 652. The Labute approximate surface area is 125 Å². The second-order valence-corrected chi connectivity index (χ2v) is 5.13. The van der Waals surface area contributed by atoms with Crippen molar-refractivity contribution in [3.05, 3.63) is 65.5 Å². The molecule has 2 nitrogen and oxygen atoms in total. The van der Waals surface area contributed by atoms with Crippen LogP contribution in [0.1, 0.15) is 11.1 Å². The van der Waals surface area contributed by atoms with E-state index < -0.39 is 23.2 Å². The van der Waals surface area contributed by atoms with E-state index in [4.69, 9.17) is 0 Å². The maximum Gasteiger partial charge on any atom is 0.425 e. The standard InChI is InChI=1S/C16H15F4NO/c1-21(2)14-6-4-3-5-13(14)15(22,16(18,19)20)11-7-9-12(17)10-8-11/h3-10,22H,1-2H3. The number of rotatable bonds is 3. The topological polar surface area (TPSA) is 23.5 Å². The van der Waals surface area contributed by atoms with Crippen molar-refractivity contribution >= 4 is 5.69 Å². The number of hydrogen-bond donors (Lipinski definition) is 1. The lowest BCUT2D eigenvalue weighted by atomic mass is 9.84. The first kappa shape index (κ1) is 16.3. The van der Waals surface area contributed by atoms with Gasteiger partial charge in [-0.05, 0) is 23.8 Å². The van der Waals surface area contributed by atoms with Crippen LogP contribution in [0.4, 0.5) is 23.2 Å². The minimum atomic E-state index is -4.96. The number of hydrogen-bond acceptors (Lipinski definition) is 2. The Kier molecular flexibility index (Phi) is 4.15. The third kappa shape index (κ3) is 2.66. The number of alkyl halides is 3. The normalized spacial score (nSPS) is 14.5. The van der Waals surface area contributed by atoms with E-state index in [9.17, 15) is 22.7 Å². The zero-order valence-electron chi connectivity index (χ0n) is 12.0. The van der Waals surface area contributed by atoms with E-state index in [1.165, 1.54) is 23.1 Å². The Morgan fingerprint density at radius 3 is 1.95 bits per heavy atom. The highest BCUT2D eigenvalue weighted by molar-refractivity contribution is 5.58. The van der Waals surface area contributed by atoms with E-state index in [0.29, 0.717) is 0 Å². The minimum Gasteiger partial charge on any atom is -0.377 e. The van der Waals surface area contributed by atoms with Crippen molar-refractivity contribution in [1.29, 1.82) is 0 Å². The molecule has 0 bridgehead atoms. The summed E-state index contributed by atoms with van der Waals surface area (Å²) in [5.74, 6) is -0.672. The molecule has 0 heterocycles. The Balaban J connectivity index is 2.74. The van der Waals surface area contributed by atoms with Gasteiger partial charge in [-0.3, -0.25) is 0 Å². The number of para-hydroxylation sites is 1. The second kappa shape index (κ2) is 5.61. The summed E-state index contributed by atoms with van der Waals surface area (Å²) in [6, 6.07) is 9.36. The van der Waals surface area contributed by atoms with Crippen molar-refractivity contribution in [3.63, 3.8) is 0 Å². The maximum absolute atomic E-state index is 13.7. The fraction of sp³-hybridized carbons (Fsp3) is 0.250. The van der Waals surface area contributed by atoms with Crippen LogP contribution in [0, 0.1) is 5.82 Å². The number of aliphatic hydroxyl groups is 1. The molecule has 0 saturated heterocycles. The predicted molar refractivity (Wildman–Crippen MR) is 76.2 cm³/mol. The lowest BCUT2D eigenvalue weighted by Crippen LogP contribution is -2.44. The van der Waals surface area contributed by atoms with Crippen LogP contribution >= 0.6 is 0 Å². The monoisotopic (exact) mass is 313 g/mol. The van der Waals surface area contributed by atoms with Crippen LogP contribution in [0.5, 0.6) is 0 Å². The van der Waals surface area contributed by atoms with Crippen molar-refractivity contribution in [2.24, 2.45) is 0 Å². The van der Waals surface area contributed by atoms with Crippen LogP contribution in [-0.2, 0) is 5.60 Å². The van der Waals surface area contributed by atoms with Crippen LogP contribution in [-0.4, -0.2) is 25.4 Å². The molecule has 1 unspecified atom stereocenters. The largest absolute Gasteiger partial charge is 0.425 e. The van der Waals surface area contributed by atoms with Gasteiger partial charge in [-0.1, -0.05) is 30.3 Å². The van der Waals surface area contributed by atoms with Crippen molar-refractivity contribution in [3.8, 4) is 0 Å². The summed E-state index contributed by atoms with van der Waals surface area (Å²) in [6.45, 7) is 0. The first-order chi connectivity index (χ1) is 10.2. The highest BCUT2D eigenvalue weighted by atomic mass is 19.4. The van der Waals surface area contributed by atoms with Crippen molar-refractivity contribution < 1.29 is 22.7 Å². The Morgan fingerprint density at radius 1 is 0.909 bits per heavy atom. The summed E-state index contributed by atoms with van der Waals surface area (Å²) in [5.41, 5.74) is -3.73. The van der Waals surface area contributed by atoms with Crippen molar-refractivity contribution in [2.75, 3.05) is 19.0 Å². The van der Waals surface area contributed by atoms with Gasteiger partial charge in [-0.2, -0.15) is 13.2 Å². The molecule has 6 heteroatoms. The van der Waals surface area contributed by atoms with Gasteiger partial charge in [0, 0.05) is 25.3 Å². The molecule has 0 aliphatic heterocycles. The van der Waals surface area contributed by atoms with Gasteiger partial charge in [0.05, 0.1) is 0 Å². The smallest absolute Gasteiger partial charge is 0.377 e. The fourth-order valence-corrected chi connectivity index (χ4v) is 2.33. The Hall–Kier alpha value is -2.08. The number of benzene rings is 2. The molecule has 0 saturated carbocycles. The van der Waals surface area contributed by atoms with Gasteiger partial charge in [-0.15, -0.1) is 0 Å². The molecular weight excluding hydrogens is 298 g/mol. The Morgan fingerprint density at radius 2 is 1.45 bits per heavy atom. The van der Waals surface area contributed by atoms with E-state index in [-0.39, 0.29) is 11.3 Å². The zero-order valence-corrected chi connectivity index (χ0v) is 12.0. The molecule has 2 aromatic rings. The molecule has 0 fully saturated rings. The molecule has 0 aliphatic carbocycles. The van der Waals surface area contributed by atoms with Gasteiger partial charge in [-0.25, -0.2) is 4.39 Å². The SMILES string of the molecule is CN(C)c1ccccc1C(O)(c1ccc(F)cc1)C(F)(F)F. The van der Waals surface area contributed by atoms with Gasteiger partial charge in [0.25, 0.3) is 0 Å². The second-order valence-electron chi connectivity index (χ2n) is 5.13. The van der Waals surface area contributed by atoms with Crippen LogP contribution in [0.2, 0.25) is 0 Å². The molecule has 0 spiro atoms. The summed E-state index contributed by atoms with van der Waals surface area (Å²) in [7, 11) is 3.17. The molecule has 2 aromatic carbocycles. The third-order valence-electron chi connectivity index (χ3n) is 3.45. The highest BCUT2D eigenvalue weighted by Gasteiger charge is 2.57. The molecule has 0 radical (unpaired) electrons. The van der Waals surface area contributed by atoms with E-state index in [1.807, 2.05) is 0 Å². The predicted octanol–water partition coefficient (Wildman–Crippen LogP) is 3.69. The lowest BCUT2D eigenvalue weighted by Gasteiger charge is -2.34. The van der Waals surface area contributed by atoms with Crippen LogP contribution in [0.25, 0.3) is 0 Å². The molecule has 22 heavy (non-hydrogen) atoms. The first-order valence-corrected chi connectivity index (χ1v) is 6.50. The lowest BCUT2D eigenvalue weighted by molar-refractivity contribution is -0.248. The molecule has 1 atom stereocenters. The highest BCUT2D eigenvalue weighted by Crippen LogP contribution is 2.47. The van der Waals surface area contributed by atoms with Crippen LogP contribution < -0.4 is 4.90 Å². The maximum atomic E-state index is 13.7. The average Bonchev–Trinajstić information content (AvgIpc) is 2.46. The van der Waals surface area contributed by atoms with Gasteiger partial charge >= 0.3 is 6.18 Å². The van der Waals surface area contributed by atoms with Crippen molar-refractivity contribution in [2.45, 2.75) is 11.8 Å². The average molecular weight is 313 g/mol. The van der Waals surface area contributed by atoms with Gasteiger partial charge in [0.2, 0.25) is 5.60 Å². The van der Waals surface area contributed by atoms with Crippen molar-refractivity contribution in [1.82, 2.24) is 0 Å². The zero-order chi connectivity index (χ0) is 16.5. The minimum absolute atomic E-state index is 0.228. The van der Waals surface area contributed by atoms with Crippen LogP contribution in [0.3, 0.4) is 0 Å². The molecule has 1 N–H and O–H groups in total. The van der Waals surface area contributed by atoms with E-state index >= 15 is 0 Å². The van der Waals surface area contributed by atoms with Gasteiger partial charge in [0.1, 0.15) is 5.82 Å². The van der Waals surface area contributed by atoms with Crippen LogP contribution in [0.15, 0.2) is 48.5 Å². The summed E-state index contributed by atoms with van der Waals surface area (Å²) in [4.78, 5) is 1.48. The van der Waals surface area contributed by atoms with E-state index in [0.717, 1.165) is 24.3 Å². The molecule has 0 amide bonds. The van der Waals surface area contributed by atoms with E-state index in [1.54, 1.807) is 20.2 Å². The molecular formula is C16H15F4NO. The summed E-state index contributed by atoms with van der Waals surface area (Å²) in [5, 5.41) is 10.5. The van der Waals surface area contributed by atoms with E-state index in [2.05, 4.69) is 0 Å². The van der Waals surface area contributed by atoms with Gasteiger partial charge < -0.3 is 10.0 Å². The molecule has 0 aromatic heterocycles. The molecule has 118 valence electrons.